The highest BCUT2D eigenvalue weighted by molar-refractivity contribution is 5.85. The van der Waals surface area contributed by atoms with E-state index in [0.29, 0.717) is 5.70 Å². The highest BCUT2D eigenvalue weighted by Crippen LogP contribution is 2.39. The van der Waals surface area contributed by atoms with Crippen LogP contribution in [0.25, 0.3) is 0 Å². The number of halogens is 1. The van der Waals surface area contributed by atoms with E-state index in [1.807, 2.05) is 0 Å². The number of aliphatic carboxylic acids is 1. The zero-order valence-electron chi connectivity index (χ0n) is 9.77. The van der Waals surface area contributed by atoms with Crippen molar-refractivity contribution in [1.29, 1.82) is 0 Å². The largest absolute Gasteiger partial charge is 0.474 e. The summed E-state index contributed by atoms with van der Waals surface area (Å²) in [4.78, 5) is 11.0. The van der Waals surface area contributed by atoms with Crippen molar-refractivity contribution < 1.29 is 20.0 Å². The third kappa shape index (κ3) is 2.34. The molecule has 2 rings (SSSR count). The van der Waals surface area contributed by atoms with Gasteiger partial charge in [-0.1, -0.05) is 12.1 Å². The Morgan fingerprint density at radius 2 is 2.06 bits per heavy atom. The number of hydrogen-bond acceptors (Lipinski definition) is 3. The summed E-state index contributed by atoms with van der Waals surface area (Å²) in [5.41, 5.74) is 3.97. The first-order chi connectivity index (χ1) is 8.52. The van der Waals surface area contributed by atoms with Crippen molar-refractivity contribution in [3.63, 3.8) is 0 Å². The van der Waals surface area contributed by atoms with Crippen LogP contribution in [0, 0.1) is 11.7 Å². The average Bonchev–Trinajstić information content (AvgIpc) is 3.14. The Bertz CT molecular complexity index is 512. The highest BCUT2D eigenvalue weighted by atomic mass is 19.1. The van der Waals surface area contributed by atoms with Gasteiger partial charge in [-0.3, -0.25) is 5.01 Å². The van der Waals surface area contributed by atoms with E-state index in [2.05, 4.69) is 5.73 Å². The van der Waals surface area contributed by atoms with Gasteiger partial charge in [-0.25, -0.2) is 15.0 Å². The summed E-state index contributed by atoms with van der Waals surface area (Å²) in [7, 11) is 0. The minimum Gasteiger partial charge on any atom is -0.474 e. The second-order valence-corrected chi connectivity index (χ2v) is 4.26. The van der Waals surface area contributed by atoms with E-state index in [-0.39, 0.29) is 17.3 Å². The molecule has 1 aromatic carbocycles. The molecular formula is C12H15FN3O2+. The molecule has 1 aliphatic carbocycles. The van der Waals surface area contributed by atoms with Crippen LogP contribution < -0.4 is 16.6 Å². The summed E-state index contributed by atoms with van der Waals surface area (Å²) in [6.45, 7) is 0. The number of nitrogens with two attached hydrogens (primary N) is 1. The molecule has 0 aromatic heterocycles. The molecule has 0 heterocycles. The van der Waals surface area contributed by atoms with Crippen molar-refractivity contribution in [3.8, 4) is 0 Å². The van der Waals surface area contributed by atoms with E-state index >= 15 is 0 Å². The van der Waals surface area contributed by atoms with Crippen LogP contribution >= 0.6 is 0 Å². The van der Waals surface area contributed by atoms with Crippen molar-refractivity contribution in [2.45, 2.75) is 12.8 Å². The number of carbonyl (C=O) groups is 1. The number of rotatable bonds is 4. The fraction of sp³-hybridized carbons (Fsp3) is 0.250. The lowest BCUT2D eigenvalue weighted by Crippen LogP contribution is -2.55. The van der Waals surface area contributed by atoms with Gasteiger partial charge in [-0.15, -0.1) is 0 Å². The molecule has 1 aliphatic rings. The molecule has 0 radical (unpaired) electrons. The minimum absolute atomic E-state index is 0.0539. The number of para-hydroxylation sites is 1. The second kappa shape index (κ2) is 4.75. The number of anilines is 1. The fourth-order valence-electron chi connectivity index (χ4n) is 1.83. The highest BCUT2D eigenvalue weighted by Gasteiger charge is 2.35. The van der Waals surface area contributed by atoms with Crippen LogP contribution in [0.2, 0.25) is 0 Å². The van der Waals surface area contributed by atoms with Crippen LogP contribution in [0.1, 0.15) is 12.8 Å². The topological polar surface area (TPSA) is 94.2 Å². The second-order valence-electron chi connectivity index (χ2n) is 4.26. The van der Waals surface area contributed by atoms with Crippen molar-refractivity contribution in [2.24, 2.45) is 11.8 Å². The van der Waals surface area contributed by atoms with Crippen molar-refractivity contribution in [3.05, 3.63) is 41.5 Å². The number of hydrogen-bond donors (Lipinski definition) is 3. The van der Waals surface area contributed by atoms with E-state index < -0.39 is 11.8 Å². The molecule has 0 aliphatic heterocycles. The number of quaternary nitrogens is 1. The van der Waals surface area contributed by atoms with Crippen molar-refractivity contribution >= 4 is 11.7 Å². The SMILES string of the molecule is NN(C(=C([NH3+])C(=O)O)C1CC1)c1ccccc1F. The summed E-state index contributed by atoms with van der Waals surface area (Å²) in [6, 6.07) is 5.98. The molecule has 0 saturated heterocycles. The standard InChI is InChI=1S/C12H14FN3O2/c13-8-3-1-2-4-9(8)16(15)11(7-5-6-7)10(14)12(17)18/h1-4,7H,5-6,14-15H2,(H,17,18)/p+1. The molecule has 18 heavy (non-hydrogen) atoms. The van der Waals surface area contributed by atoms with Gasteiger partial charge in [-0.2, -0.15) is 0 Å². The maximum atomic E-state index is 13.6. The number of nitrogens with zero attached hydrogens (tertiary/aromatic N) is 1. The fourth-order valence-corrected chi connectivity index (χ4v) is 1.83. The van der Waals surface area contributed by atoms with Gasteiger partial charge in [0.1, 0.15) is 11.5 Å². The zero-order valence-corrected chi connectivity index (χ0v) is 9.77. The number of carboxylic acids is 1. The smallest absolute Gasteiger partial charge is 0.392 e. The summed E-state index contributed by atoms with van der Waals surface area (Å²) in [6.07, 6.45) is 1.70. The number of carboxylic acid groups (broad SMARTS) is 1. The first kappa shape index (κ1) is 12.5. The Labute approximate surface area is 103 Å². The van der Waals surface area contributed by atoms with Crippen molar-refractivity contribution in [2.75, 3.05) is 5.01 Å². The van der Waals surface area contributed by atoms with E-state index in [4.69, 9.17) is 10.9 Å². The predicted octanol–water partition coefficient (Wildman–Crippen LogP) is 0.454. The van der Waals surface area contributed by atoms with Crippen LogP contribution in [0.3, 0.4) is 0 Å². The van der Waals surface area contributed by atoms with Crippen molar-refractivity contribution in [1.82, 2.24) is 0 Å². The zero-order chi connectivity index (χ0) is 13.3. The molecule has 0 atom stereocenters. The molecule has 0 unspecified atom stereocenters. The van der Waals surface area contributed by atoms with Crippen LogP contribution in [0.15, 0.2) is 35.7 Å². The Morgan fingerprint density at radius 1 is 1.44 bits per heavy atom. The number of allylic oxidation sites excluding steroid dienone is 1. The maximum Gasteiger partial charge on any atom is 0.392 e. The predicted molar refractivity (Wildman–Crippen MR) is 63.3 cm³/mol. The van der Waals surface area contributed by atoms with Gasteiger partial charge in [0.15, 0.2) is 0 Å². The Balaban J connectivity index is 2.42. The number of hydrazine groups is 1. The first-order valence-electron chi connectivity index (χ1n) is 5.61. The molecule has 1 fully saturated rings. The molecule has 0 bridgehead atoms. The van der Waals surface area contributed by atoms with Crippen LogP contribution in [0.5, 0.6) is 0 Å². The summed E-state index contributed by atoms with van der Waals surface area (Å²) in [5, 5.41) is 10.1. The van der Waals surface area contributed by atoms with Crippen LogP contribution in [0.4, 0.5) is 10.1 Å². The van der Waals surface area contributed by atoms with Gasteiger partial charge in [-0.05, 0) is 25.0 Å². The van der Waals surface area contributed by atoms with Crippen LogP contribution in [-0.2, 0) is 4.79 Å². The lowest BCUT2D eigenvalue weighted by atomic mass is 10.2. The molecule has 6 N–H and O–H groups in total. The van der Waals surface area contributed by atoms with Crippen LogP contribution in [-0.4, -0.2) is 11.1 Å². The van der Waals surface area contributed by atoms with E-state index in [0.717, 1.165) is 17.9 Å². The lowest BCUT2D eigenvalue weighted by Gasteiger charge is -2.21. The van der Waals surface area contributed by atoms with Gasteiger partial charge in [0.25, 0.3) is 0 Å². The Morgan fingerprint density at radius 3 is 2.56 bits per heavy atom. The molecule has 5 nitrogen and oxygen atoms in total. The molecule has 6 heteroatoms. The quantitative estimate of drug-likeness (QED) is 0.412. The normalized spacial score (nSPS) is 16.2. The third-order valence-electron chi connectivity index (χ3n) is 2.90. The molecule has 0 spiro atoms. The van der Waals surface area contributed by atoms with Gasteiger partial charge >= 0.3 is 5.97 Å². The maximum absolute atomic E-state index is 13.6. The summed E-state index contributed by atoms with van der Waals surface area (Å²) >= 11 is 0. The summed E-state index contributed by atoms with van der Waals surface area (Å²) < 4.78 is 13.6. The molecule has 1 aromatic rings. The third-order valence-corrected chi connectivity index (χ3v) is 2.90. The average molecular weight is 252 g/mol. The summed E-state index contributed by atoms with van der Waals surface area (Å²) in [5.74, 6) is 4.28. The van der Waals surface area contributed by atoms with Gasteiger partial charge in [0.2, 0.25) is 5.70 Å². The Hall–Kier alpha value is -1.92. The molecule has 0 amide bonds. The van der Waals surface area contributed by atoms with Gasteiger partial charge in [0, 0.05) is 5.92 Å². The molecular weight excluding hydrogens is 237 g/mol. The van der Waals surface area contributed by atoms with Gasteiger partial charge < -0.3 is 10.8 Å². The molecule has 1 saturated carbocycles. The lowest BCUT2D eigenvalue weighted by molar-refractivity contribution is -0.304. The van der Waals surface area contributed by atoms with E-state index in [1.54, 1.807) is 12.1 Å². The first-order valence-corrected chi connectivity index (χ1v) is 5.61. The van der Waals surface area contributed by atoms with E-state index in [9.17, 15) is 9.18 Å². The molecule has 96 valence electrons. The van der Waals surface area contributed by atoms with E-state index in [1.165, 1.54) is 12.1 Å². The Kier molecular flexibility index (Phi) is 3.31. The number of benzene rings is 1. The monoisotopic (exact) mass is 252 g/mol. The van der Waals surface area contributed by atoms with Gasteiger partial charge in [0.05, 0.1) is 5.69 Å². The minimum atomic E-state index is -1.14.